The van der Waals surface area contributed by atoms with E-state index < -0.39 is 12.1 Å². The maximum atomic E-state index is 14.9. The van der Waals surface area contributed by atoms with Crippen molar-refractivity contribution < 1.29 is 33.3 Å². The van der Waals surface area contributed by atoms with E-state index in [4.69, 9.17) is 19.3 Å². The number of aliphatic carboxylic acids is 1. The summed E-state index contributed by atoms with van der Waals surface area (Å²) >= 11 is 0. The van der Waals surface area contributed by atoms with Crippen molar-refractivity contribution >= 4 is 17.6 Å². The second-order valence-electron chi connectivity index (χ2n) is 8.70. The number of benzene rings is 3. The number of carbonyl (C=O) groups excluding carboxylic acids is 1. The monoisotopic (exact) mass is 477 g/mol. The molecule has 0 bridgehead atoms. The Hall–Kier alpha value is -4.07. The van der Waals surface area contributed by atoms with Crippen molar-refractivity contribution in [3.05, 3.63) is 77.1 Å². The van der Waals surface area contributed by atoms with Crippen LogP contribution in [0, 0.1) is 5.82 Å². The molecule has 0 saturated carbocycles. The van der Waals surface area contributed by atoms with Crippen LogP contribution < -0.4 is 19.5 Å². The number of halogens is 1. The average Bonchev–Trinajstić information content (AvgIpc) is 3.40. The van der Waals surface area contributed by atoms with Gasteiger partial charge < -0.3 is 24.6 Å². The van der Waals surface area contributed by atoms with Crippen LogP contribution in [-0.2, 0) is 16.0 Å². The van der Waals surface area contributed by atoms with Crippen LogP contribution in [0.2, 0.25) is 0 Å². The minimum atomic E-state index is -0.871. The summed E-state index contributed by atoms with van der Waals surface area (Å²) in [6, 6.07) is 15.3. The molecule has 1 aliphatic heterocycles. The molecule has 2 aliphatic rings. The number of hydrogen-bond acceptors (Lipinski definition) is 5. The van der Waals surface area contributed by atoms with E-state index in [1.165, 1.54) is 13.0 Å². The minimum absolute atomic E-state index is 0.00488. The van der Waals surface area contributed by atoms with Gasteiger partial charge in [-0.2, -0.15) is 0 Å². The Morgan fingerprint density at radius 1 is 1.14 bits per heavy atom. The Bertz CT molecular complexity index is 1310. The normalized spacial score (nSPS) is 17.8. The molecule has 1 unspecified atom stereocenters. The van der Waals surface area contributed by atoms with E-state index in [1.807, 2.05) is 6.07 Å². The van der Waals surface area contributed by atoms with Crippen molar-refractivity contribution in [2.75, 3.05) is 11.9 Å². The number of carboxylic acid groups (broad SMARTS) is 1. The van der Waals surface area contributed by atoms with E-state index in [0.29, 0.717) is 53.7 Å². The minimum Gasteiger partial charge on any atom is -0.492 e. The van der Waals surface area contributed by atoms with Gasteiger partial charge in [-0.1, -0.05) is 12.1 Å². The van der Waals surface area contributed by atoms with Gasteiger partial charge in [0.2, 0.25) is 5.91 Å². The molecule has 1 amide bonds. The number of anilines is 1. The summed E-state index contributed by atoms with van der Waals surface area (Å²) in [5, 5.41) is 11.8. The Kier molecular flexibility index (Phi) is 6.03. The van der Waals surface area contributed by atoms with Gasteiger partial charge in [0.25, 0.3) is 0 Å². The number of nitrogens with one attached hydrogen (secondary N) is 1. The lowest BCUT2D eigenvalue weighted by atomic mass is 9.98. The summed E-state index contributed by atoms with van der Waals surface area (Å²) < 4.78 is 32.8. The third-order valence-corrected chi connectivity index (χ3v) is 6.19. The molecule has 180 valence electrons. The third-order valence-electron chi connectivity index (χ3n) is 6.19. The zero-order valence-corrected chi connectivity index (χ0v) is 19.0. The predicted molar refractivity (Wildman–Crippen MR) is 126 cm³/mol. The van der Waals surface area contributed by atoms with Crippen molar-refractivity contribution in [2.45, 2.75) is 38.2 Å². The quantitative estimate of drug-likeness (QED) is 0.461. The van der Waals surface area contributed by atoms with Gasteiger partial charge in [0.1, 0.15) is 34.9 Å². The van der Waals surface area contributed by atoms with E-state index >= 15 is 0 Å². The van der Waals surface area contributed by atoms with Crippen molar-refractivity contribution in [1.82, 2.24) is 0 Å². The molecule has 8 heteroatoms. The van der Waals surface area contributed by atoms with Crippen LogP contribution in [0.4, 0.5) is 10.1 Å². The lowest BCUT2D eigenvalue weighted by Crippen LogP contribution is -2.07. The highest BCUT2D eigenvalue weighted by Gasteiger charge is 2.32. The molecule has 7 nitrogen and oxygen atoms in total. The van der Waals surface area contributed by atoms with Gasteiger partial charge in [-0.3, -0.25) is 9.59 Å². The average molecular weight is 477 g/mol. The number of carbonyl (C=O) groups is 2. The second-order valence-corrected chi connectivity index (χ2v) is 8.70. The fourth-order valence-electron chi connectivity index (χ4n) is 4.70. The Morgan fingerprint density at radius 3 is 2.80 bits per heavy atom. The molecule has 0 saturated heterocycles. The summed E-state index contributed by atoms with van der Waals surface area (Å²) in [5.41, 5.74) is 2.67. The molecule has 0 spiro atoms. The predicted octanol–water partition coefficient (Wildman–Crippen LogP) is 5.59. The van der Waals surface area contributed by atoms with E-state index in [1.54, 1.807) is 42.5 Å². The Balaban J connectivity index is 1.35. The highest BCUT2D eigenvalue weighted by molar-refractivity contribution is 5.88. The van der Waals surface area contributed by atoms with Crippen molar-refractivity contribution in [1.29, 1.82) is 0 Å². The maximum absolute atomic E-state index is 14.9. The van der Waals surface area contributed by atoms with Crippen molar-refractivity contribution in [3.63, 3.8) is 0 Å². The van der Waals surface area contributed by atoms with Crippen LogP contribution >= 0.6 is 0 Å². The smallest absolute Gasteiger partial charge is 0.304 e. The topological polar surface area (TPSA) is 94.1 Å². The van der Waals surface area contributed by atoms with Crippen LogP contribution in [0.3, 0.4) is 0 Å². The molecule has 1 heterocycles. The lowest BCUT2D eigenvalue weighted by Gasteiger charge is -2.17. The van der Waals surface area contributed by atoms with Crippen LogP contribution in [0.25, 0.3) is 0 Å². The van der Waals surface area contributed by atoms with Gasteiger partial charge in [-0.05, 0) is 43.2 Å². The molecular formula is C27H24FNO6. The first-order chi connectivity index (χ1) is 16.9. The first kappa shape index (κ1) is 22.7. The Labute approximate surface area is 201 Å². The molecule has 0 radical (unpaired) electrons. The first-order valence-corrected chi connectivity index (χ1v) is 11.4. The van der Waals surface area contributed by atoms with E-state index in [9.17, 15) is 14.0 Å². The second kappa shape index (κ2) is 9.29. The number of fused-ring (bicyclic) bond motifs is 2. The van der Waals surface area contributed by atoms with Crippen LogP contribution in [0.1, 0.15) is 48.5 Å². The van der Waals surface area contributed by atoms with Crippen LogP contribution in [0.15, 0.2) is 54.6 Å². The van der Waals surface area contributed by atoms with Crippen LogP contribution in [0.5, 0.6) is 23.0 Å². The fourth-order valence-corrected chi connectivity index (χ4v) is 4.70. The molecule has 1 aliphatic carbocycles. The zero-order valence-electron chi connectivity index (χ0n) is 19.0. The summed E-state index contributed by atoms with van der Waals surface area (Å²) in [6.45, 7) is 1.75. The SMILES string of the molecule is CC(=O)Nc1cccc(Oc2ccc(F)c3c2CC[C@H]3Oc2ccc3c(c2)OCC3CC(=O)O)c1. The molecule has 3 aromatic carbocycles. The number of amides is 1. The molecule has 0 aromatic heterocycles. The highest BCUT2D eigenvalue weighted by Crippen LogP contribution is 2.44. The fraction of sp³-hybridized carbons (Fsp3) is 0.259. The summed E-state index contributed by atoms with van der Waals surface area (Å²) in [4.78, 5) is 22.4. The van der Waals surface area contributed by atoms with Gasteiger partial charge in [-0.15, -0.1) is 0 Å². The molecule has 35 heavy (non-hydrogen) atoms. The number of rotatable bonds is 7. The molecule has 2 atom stereocenters. The molecule has 2 N–H and O–H groups in total. The summed E-state index contributed by atoms with van der Waals surface area (Å²) in [6.07, 6.45) is 0.678. The maximum Gasteiger partial charge on any atom is 0.304 e. The number of carboxylic acids is 1. The molecule has 0 fully saturated rings. The van der Waals surface area contributed by atoms with Gasteiger partial charge >= 0.3 is 5.97 Å². The first-order valence-electron chi connectivity index (χ1n) is 11.4. The molecule has 3 aromatic rings. The van der Waals surface area contributed by atoms with Crippen LogP contribution in [-0.4, -0.2) is 23.6 Å². The molecule has 5 rings (SSSR count). The van der Waals surface area contributed by atoms with Crippen molar-refractivity contribution in [3.8, 4) is 23.0 Å². The van der Waals surface area contributed by atoms with E-state index in [0.717, 1.165) is 11.1 Å². The molecular weight excluding hydrogens is 453 g/mol. The standard InChI is InChI=1S/C27H24FNO6/c1-15(30)29-17-3-2-4-18(12-17)34-23-10-8-22(28)27-21(23)7-9-24(27)35-19-5-6-20-16(11-26(31)32)14-33-25(20)13-19/h2-6,8,10,12-13,16,24H,7,9,11,14H2,1H3,(H,29,30)(H,31,32)/t16?,24-/m1/s1. The van der Waals surface area contributed by atoms with Gasteiger partial charge in [-0.25, -0.2) is 4.39 Å². The van der Waals surface area contributed by atoms with E-state index in [-0.39, 0.29) is 24.1 Å². The van der Waals surface area contributed by atoms with Gasteiger partial charge in [0.05, 0.1) is 13.0 Å². The highest BCUT2D eigenvalue weighted by atomic mass is 19.1. The van der Waals surface area contributed by atoms with E-state index in [2.05, 4.69) is 5.32 Å². The zero-order chi connectivity index (χ0) is 24.5. The summed E-state index contributed by atoms with van der Waals surface area (Å²) in [7, 11) is 0. The Morgan fingerprint density at radius 2 is 2.00 bits per heavy atom. The lowest BCUT2D eigenvalue weighted by molar-refractivity contribution is -0.137. The summed E-state index contributed by atoms with van der Waals surface area (Å²) in [5.74, 6) is 0.604. The number of ether oxygens (including phenoxy) is 3. The van der Waals surface area contributed by atoms with Gasteiger partial charge in [0.15, 0.2) is 0 Å². The van der Waals surface area contributed by atoms with Gasteiger partial charge in [0, 0.05) is 47.4 Å². The van der Waals surface area contributed by atoms with Crippen molar-refractivity contribution in [2.24, 2.45) is 0 Å². The largest absolute Gasteiger partial charge is 0.492 e. The third kappa shape index (κ3) is 4.77. The number of hydrogen-bond donors (Lipinski definition) is 2.